The number of para-hydroxylation sites is 2. The van der Waals surface area contributed by atoms with Crippen LogP contribution in [0.2, 0.25) is 0 Å². The monoisotopic (exact) mass is 554 g/mol. The van der Waals surface area contributed by atoms with Gasteiger partial charge in [0.15, 0.2) is 0 Å². The van der Waals surface area contributed by atoms with Crippen LogP contribution in [-0.2, 0) is 5.41 Å². The summed E-state index contributed by atoms with van der Waals surface area (Å²) in [4.78, 5) is 12.1. The van der Waals surface area contributed by atoms with Crippen LogP contribution in [-0.4, -0.2) is 23.3 Å². The Morgan fingerprint density at radius 3 is 2.44 bits per heavy atom. The summed E-state index contributed by atoms with van der Waals surface area (Å²) in [5, 5.41) is 2.39. The minimum Gasteiger partial charge on any atom is -0.457 e. The summed E-state index contributed by atoms with van der Waals surface area (Å²) >= 11 is 1.83. The largest absolute Gasteiger partial charge is 0.457 e. The zero-order valence-corrected chi connectivity index (χ0v) is 24.4. The summed E-state index contributed by atoms with van der Waals surface area (Å²) < 4.78 is 8.82. The van der Waals surface area contributed by atoms with Gasteiger partial charge in [-0.1, -0.05) is 56.8 Å². The highest BCUT2D eigenvalue weighted by atomic mass is 32.2. The van der Waals surface area contributed by atoms with E-state index in [2.05, 4.69) is 133 Å². The van der Waals surface area contributed by atoms with E-state index in [0.717, 1.165) is 35.0 Å². The average molecular weight is 555 g/mol. The molecule has 2 aliphatic heterocycles. The number of nitrogens with zero attached hydrogens (tertiary/aromatic N) is 4. The van der Waals surface area contributed by atoms with Crippen molar-refractivity contribution in [2.45, 2.75) is 36.0 Å². The molecule has 5 nitrogen and oxygen atoms in total. The fourth-order valence-electron chi connectivity index (χ4n) is 6.11. The van der Waals surface area contributed by atoms with E-state index >= 15 is 0 Å². The third-order valence-electron chi connectivity index (χ3n) is 8.18. The Balaban J connectivity index is 1.22. The van der Waals surface area contributed by atoms with Crippen LogP contribution in [0.4, 0.5) is 17.1 Å². The third-order valence-corrected chi connectivity index (χ3v) is 9.29. The number of rotatable bonds is 3. The Morgan fingerprint density at radius 2 is 1.56 bits per heavy atom. The van der Waals surface area contributed by atoms with Crippen LogP contribution in [0.3, 0.4) is 0 Å². The van der Waals surface area contributed by atoms with Crippen molar-refractivity contribution in [1.82, 2.24) is 9.55 Å². The second-order valence-electron chi connectivity index (χ2n) is 11.9. The molecule has 2 aromatic heterocycles. The van der Waals surface area contributed by atoms with Gasteiger partial charge in [-0.25, -0.2) is 4.98 Å². The summed E-state index contributed by atoms with van der Waals surface area (Å²) in [6.45, 7) is 7.54. The van der Waals surface area contributed by atoms with E-state index in [1.807, 2.05) is 18.0 Å². The molecule has 2 aliphatic rings. The van der Waals surface area contributed by atoms with Crippen molar-refractivity contribution in [3.05, 3.63) is 103 Å². The van der Waals surface area contributed by atoms with Crippen LogP contribution in [0.25, 0.3) is 27.6 Å². The topological polar surface area (TPSA) is 33.5 Å². The first kappa shape index (κ1) is 24.4. The van der Waals surface area contributed by atoms with Gasteiger partial charge in [0.05, 0.1) is 34.8 Å². The maximum atomic E-state index is 6.56. The zero-order valence-electron chi connectivity index (χ0n) is 23.6. The van der Waals surface area contributed by atoms with Crippen molar-refractivity contribution in [3.63, 3.8) is 0 Å². The minimum atomic E-state index is 0.0287. The molecule has 41 heavy (non-hydrogen) atoms. The molecule has 6 heteroatoms. The molecule has 4 heterocycles. The molecular formula is C35H30N4OS. The highest BCUT2D eigenvalue weighted by Crippen LogP contribution is 2.55. The molecule has 4 aromatic carbocycles. The predicted molar refractivity (Wildman–Crippen MR) is 170 cm³/mol. The molecule has 0 bridgehead atoms. The molecule has 0 spiro atoms. The van der Waals surface area contributed by atoms with E-state index in [1.54, 1.807) is 0 Å². The molecule has 0 saturated heterocycles. The van der Waals surface area contributed by atoms with Gasteiger partial charge in [0.25, 0.3) is 0 Å². The standard InChI is InChI=1S/C35H30N4OS/c1-35(2,3)22-16-17-36-33(18-22)39-27-9-6-5-8-25(27)26-14-12-23(19-29(26)39)40-24-13-15-31-30(20-24)38-21-37(4)28-10-7-11-32(41-31)34(28)38/h5-20H,21H2,1-4H3. The molecule has 0 saturated carbocycles. The van der Waals surface area contributed by atoms with Gasteiger partial charge in [-0.3, -0.25) is 4.57 Å². The molecule has 0 N–H and O–H groups in total. The van der Waals surface area contributed by atoms with Crippen LogP contribution < -0.4 is 14.5 Å². The number of benzene rings is 4. The molecule has 8 rings (SSSR count). The second-order valence-corrected chi connectivity index (χ2v) is 13.0. The van der Waals surface area contributed by atoms with E-state index in [4.69, 9.17) is 9.72 Å². The fourth-order valence-corrected chi connectivity index (χ4v) is 7.21. The Morgan fingerprint density at radius 1 is 0.756 bits per heavy atom. The van der Waals surface area contributed by atoms with Crippen molar-refractivity contribution < 1.29 is 4.74 Å². The maximum Gasteiger partial charge on any atom is 0.137 e. The number of fused-ring (bicyclic) bond motifs is 5. The molecule has 0 amide bonds. The molecular weight excluding hydrogens is 524 g/mol. The van der Waals surface area contributed by atoms with Crippen molar-refractivity contribution >= 4 is 50.6 Å². The second kappa shape index (κ2) is 8.79. The van der Waals surface area contributed by atoms with Crippen LogP contribution >= 0.6 is 11.8 Å². The van der Waals surface area contributed by atoms with Gasteiger partial charge in [-0.15, -0.1) is 0 Å². The average Bonchev–Trinajstić information content (AvgIpc) is 3.48. The van der Waals surface area contributed by atoms with E-state index < -0.39 is 0 Å². The van der Waals surface area contributed by atoms with E-state index in [1.165, 1.54) is 43.2 Å². The lowest BCUT2D eigenvalue weighted by Crippen LogP contribution is -2.25. The molecule has 0 aliphatic carbocycles. The van der Waals surface area contributed by atoms with E-state index in [9.17, 15) is 0 Å². The number of hydrogen-bond acceptors (Lipinski definition) is 5. The first-order valence-corrected chi connectivity index (χ1v) is 14.8. The van der Waals surface area contributed by atoms with E-state index in [-0.39, 0.29) is 5.41 Å². The number of aromatic nitrogens is 2. The molecule has 202 valence electrons. The van der Waals surface area contributed by atoms with E-state index in [0.29, 0.717) is 0 Å². The Kier molecular flexibility index (Phi) is 5.23. The number of ether oxygens (including phenoxy) is 1. The lowest BCUT2D eigenvalue weighted by molar-refractivity contribution is 0.483. The molecule has 0 fully saturated rings. The Bertz CT molecular complexity index is 2000. The number of hydrogen-bond donors (Lipinski definition) is 0. The normalized spacial score (nSPS) is 14.0. The molecule has 0 unspecified atom stereocenters. The van der Waals surface area contributed by atoms with Crippen LogP contribution in [0, 0.1) is 0 Å². The van der Waals surface area contributed by atoms with Crippen molar-refractivity contribution in [2.75, 3.05) is 23.5 Å². The summed E-state index contributed by atoms with van der Waals surface area (Å²) in [6.07, 6.45) is 1.92. The number of pyridine rings is 1. The third kappa shape index (κ3) is 3.81. The molecule has 6 aromatic rings. The SMILES string of the molecule is CN1CN2c3cc(Oc4ccc5c6ccccc6n(-c6cc(C(C)(C)C)ccn6)c5c4)ccc3Sc3cccc1c32. The smallest absolute Gasteiger partial charge is 0.137 e. The minimum absolute atomic E-state index is 0.0287. The molecule has 0 atom stereocenters. The highest BCUT2D eigenvalue weighted by Gasteiger charge is 2.33. The summed E-state index contributed by atoms with van der Waals surface area (Å²) in [5.74, 6) is 2.55. The number of anilines is 3. The maximum absolute atomic E-state index is 6.56. The van der Waals surface area contributed by atoms with Crippen molar-refractivity contribution in [1.29, 1.82) is 0 Å². The molecule has 0 radical (unpaired) electrons. The predicted octanol–water partition coefficient (Wildman–Crippen LogP) is 9.28. The van der Waals surface area contributed by atoms with Crippen LogP contribution in [0.1, 0.15) is 26.3 Å². The van der Waals surface area contributed by atoms with Gasteiger partial charge in [-0.05, 0) is 65.6 Å². The van der Waals surface area contributed by atoms with Gasteiger partial charge >= 0.3 is 0 Å². The van der Waals surface area contributed by atoms with Gasteiger partial charge in [-0.2, -0.15) is 0 Å². The first-order valence-electron chi connectivity index (χ1n) is 14.0. The summed E-state index contributed by atoms with van der Waals surface area (Å²) in [6, 6.07) is 32.2. The van der Waals surface area contributed by atoms with Crippen molar-refractivity contribution in [2.24, 2.45) is 0 Å². The van der Waals surface area contributed by atoms with Gasteiger partial charge in [0.1, 0.15) is 17.3 Å². The van der Waals surface area contributed by atoms with Gasteiger partial charge < -0.3 is 14.5 Å². The van der Waals surface area contributed by atoms with Crippen molar-refractivity contribution in [3.8, 4) is 17.3 Å². The first-order chi connectivity index (χ1) is 19.8. The van der Waals surface area contributed by atoms with Crippen LogP contribution in [0.5, 0.6) is 11.5 Å². The summed E-state index contributed by atoms with van der Waals surface area (Å²) in [7, 11) is 2.15. The van der Waals surface area contributed by atoms with Crippen LogP contribution in [0.15, 0.2) is 107 Å². The van der Waals surface area contributed by atoms with Gasteiger partial charge in [0, 0.05) is 45.9 Å². The quantitative estimate of drug-likeness (QED) is 0.218. The lowest BCUT2D eigenvalue weighted by atomic mass is 9.88. The lowest BCUT2D eigenvalue weighted by Gasteiger charge is -2.28. The fraction of sp³-hybridized carbons (Fsp3) is 0.171. The highest BCUT2D eigenvalue weighted by molar-refractivity contribution is 7.99. The Hall–Kier alpha value is -4.42. The van der Waals surface area contributed by atoms with Gasteiger partial charge in [0.2, 0.25) is 0 Å². The summed E-state index contributed by atoms with van der Waals surface area (Å²) in [5.41, 5.74) is 7.25. The zero-order chi connectivity index (χ0) is 27.9. The Labute approximate surface area is 244 Å².